The Morgan fingerprint density at radius 2 is 2.06 bits per heavy atom. The van der Waals surface area contributed by atoms with Gasteiger partial charge in [0, 0.05) is 23.5 Å². The topological polar surface area (TPSA) is 15.8 Å². The number of hydrogen-bond acceptors (Lipinski definition) is 0. The fourth-order valence-corrected chi connectivity index (χ4v) is 2.18. The van der Waals surface area contributed by atoms with Crippen LogP contribution in [0.2, 0.25) is 0 Å². The molecule has 82 valence electrons. The number of rotatable bonds is 2. The summed E-state index contributed by atoms with van der Waals surface area (Å²) in [6, 6.07) is 4.47. The minimum atomic E-state index is 0.941. The van der Waals surface area contributed by atoms with E-state index < -0.39 is 0 Å². The van der Waals surface area contributed by atoms with Gasteiger partial charge in [0.1, 0.15) is 0 Å². The number of aryl methyl sites for hydroxylation is 3. The molecule has 1 heterocycles. The molecule has 16 heavy (non-hydrogen) atoms. The number of aromatic nitrogens is 1. The summed E-state index contributed by atoms with van der Waals surface area (Å²) in [6.45, 7) is 6.19. The lowest BCUT2D eigenvalue weighted by Crippen LogP contribution is -1.83. The van der Waals surface area contributed by atoms with Crippen molar-refractivity contribution in [1.29, 1.82) is 0 Å². The van der Waals surface area contributed by atoms with Crippen LogP contribution < -0.4 is 0 Å². The Labute approximate surface area is 96.9 Å². The van der Waals surface area contributed by atoms with Gasteiger partial charge in [-0.3, -0.25) is 0 Å². The fourth-order valence-electron chi connectivity index (χ4n) is 2.18. The van der Waals surface area contributed by atoms with E-state index in [2.05, 4.69) is 49.0 Å². The minimum Gasteiger partial charge on any atom is -0.361 e. The molecule has 0 radical (unpaired) electrons. The van der Waals surface area contributed by atoms with Gasteiger partial charge in [-0.05, 0) is 44.4 Å². The Morgan fingerprint density at radius 3 is 2.81 bits per heavy atom. The zero-order valence-electron chi connectivity index (χ0n) is 10.1. The van der Waals surface area contributed by atoms with Gasteiger partial charge in [0.15, 0.2) is 0 Å². The van der Waals surface area contributed by atoms with E-state index in [-0.39, 0.29) is 0 Å². The lowest BCUT2D eigenvalue weighted by atomic mass is 10.0. The third-order valence-corrected chi connectivity index (χ3v) is 2.91. The van der Waals surface area contributed by atoms with E-state index in [1.807, 2.05) is 6.92 Å². The van der Waals surface area contributed by atoms with Crippen molar-refractivity contribution in [1.82, 2.24) is 4.98 Å². The van der Waals surface area contributed by atoms with Gasteiger partial charge in [0.2, 0.25) is 0 Å². The molecule has 1 aromatic heterocycles. The molecule has 1 heteroatoms. The molecule has 0 fully saturated rings. The molecule has 0 unspecified atom stereocenters. The fraction of sp³-hybridized carbons (Fsp3) is 0.333. The SMILES string of the molecule is CC#CCCc1c[nH]c2c(C)cc(C)cc12. The summed E-state index contributed by atoms with van der Waals surface area (Å²) < 4.78 is 0. The molecule has 0 amide bonds. The van der Waals surface area contributed by atoms with Crippen LogP contribution in [0.25, 0.3) is 10.9 Å². The average molecular weight is 211 g/mol. The Kier molecular flexibility index (Phi) is 3.01. The van der Waals surface area contributed by atoms with Crippen LogP contribution in [0.4, 0.5) is 0 Å². The second kappa shape index (κ2) is 4.45. The first kappa shape index (κ1) is 10.8. The van der Waals surface area contributed by atoms with Crippen molar-refractivity contribution < 1.29 is 0 Å². The van der Waals surface area contributed by atoms with E-state index in [9.17, 15) is 0 Å². The van der Waals surface area contributed by atoms with Crippen molar-refractivity contribution in [2.75, 3.05) is 0 Å². The lowest BCUT2D eigenvalue weighted by Gasteiger charge is -2.01. The molecule has 0 aliphatic carbocycles. The highest BCUT2D eigenvalue weighted by Gasteiger charge is 2.05. The van der Waals surface area contributed by atoms with Gasteiger partial charge in [-0.25, -0.2) is 0 Å². The smallest absolute Gasteiger partial charge is 0.0486 e. The van der Waals surface area contributed by atoms with Gasteiger partial charge < -0.3 is 4.98 Å². The maximum Gasteiger partial charge on any atom is 0.0486 e. The number of fused-ring (bicyclic) bond motifs is 1. The number of aromatic amines is 1. The second-order valence-electron chi connectivity index (χ2n) is 4.25. The molecule has 0 atom stereocenters. The standard InChI is InChI=1S/C15H17N/c1-4-5-6-7-13-10-16-15-12(3)8-11(2)9-14(13)15/h8-10,16H,6-7H2,1-3H3. The summed E-state index contributed by atoms with van der Waals surface area (Å²) in [6.07, 6.45) is 4.09. The molecule has 2 aromatic rings. The maximum atomic E-state index is 3.36. The van der Waals surface area contributed by atoms with E-state index in [1.54, 1.807) is 0 Å². The van der Waals surface area contributed by atoms with E-state index >= 15 is 0 Å². The van der Waals surface area contributed by atoms with Gasteiger partial charge in [0.25, 0.3) is 0 Å². The summed E-state index contributed by atoms with van der Waals surface area (Å²) in [5.74, 6) is 6.06. The zero-order chi connectivity index (χ0) is 11.5. The van der Waals surface area contributed by atoms with Crippen molar-refractivity contribution >= 4 is 10.9 Å². The van der Waals surface area contributed by atoms with E-state index in [0.29, 0.717) is 0 Å². The third-order valence-electron chi connectivity index (χ3n) is 2.91. The molecule has 0 spiro atoms. The molecule has 0 aliphatic rings. The summed E-state index contributed by atoms with van der Waals surface area (Å²) in [5, 5.41) is 1.36. The van der Waals surface area contributed by atoms with Gasteiger partial charge in [-0.15, -0.1) is 11.8 Å². The van der Waals surface area contributed by atoms with Crippen LogP contribution in [0.5, 0.6) is 0 Å². The Balaban J connectivity index is 2.42. The van der Waals surface area contributed by atoms with Crippen LogP contribution in [-0.2, 0) is 6.42 Å². The molecule has 0 saturated heterocycles. The summed E-state index contributed by atoms with van der Waals surface area (Å²) in [5.41, 5.74) is 5.30. The average Bonchev–Trinajstić information content (AvgIpc) is 2.62. The van der Waals surface area contributed by atoms with Crippen molar-refractivity contribution in [3.05, 3.63) is 35.0 Å². The van der Waals surface area contributed by atoms with Crippen LogP contribution in [0.3, 0.4) is 0 Å². The molecule has 2 rings (SSSR count). The maximum absolute atomic E-state index is 3.36. The molecule has 0 bridgehead atoms. The summed E-state index contributed by atoms with van der Waals surface area (Å²) >= 11 is 0. The number of nitrogens with one attached hydrogen (secondary N) is 1. The van der Waals surface area contributed by atoms with Gasteiger partial charge in [-0.2, -0.15) is 0 Å². The van der Waals surface area contributed by atoms with Gasteiger partial charge in [-0.1, -0.05) is 11.6 Å². The minimum absolute atomic E-state index is 0.941. The molecule has 0 aliphatic heterocycles. The van der Waals surface area contributed by atoms with Crippen molar-refractivity contribution in [3.8, 4) is 11.8 Å². The van der Waals surface area contributed by atoms with Crippen LogP contribution in [0.15, 0.2) is 18.3 Å². The number of benzene rings is 1. The monoisotopic (exact) mass is 211 g/mol. The molecular weight excluding hydrogens is 194 g/mol. The quantitative estimate of drug-likeness (QED) is 0.728. The first-order chi connectivity index (χ1) is 7.72. The van der Waals surface area contributed by atoms with Crippen molar-refractivity contribution in [2.24, 2.45) is 0 Å². The molecular formula is C15H17N. The highest BCUT2D eigenvalue weighted by atomic mass is 14.7. The van der Waals surface area contributed by atoms with E-state index in [0.717, 1.165) is 12.8 Å². The Bertz CT molecular complexity index is 564. The predicted octanol–water partition coefficient (Wildman–Crippen LogP) is 3.74. The van der Waals surface area contributed by atoms with Crippen molar-refractivity contribution in [2.45, 2.75) is 33.6 Å². The number of hydrogen-bond donors (Lipinski definition) is 1. The zero-order valence-corrected chi connectivity index (χ0v) is 10.1. The Morgan fingerprint density at radius 1 is 1.25 bits per heavy atom. The predicted molar refractivity (Wildman–Crippen MR) is 69.5 cm³/mol. The summed E-state index contributed by atoms with van der Waals surface area (Å²) in [4.78, 5) is 3.36. The first-order valence-electron chi connectivity index (χ1n) is 5.69. The molecule has 1 N–H and O–H groups in total. The van der Waals surface area contributed by atoms with Crippen LogP contribution in [-0.4, -0.2) is 4.98 Å². The van der Waals surface area contributed by atoms with E-state index in [4.69, 9.17) is 0 Å². The van der Waals surface area contributed by atoms with Crippen molar-refractivity contribution in [3.63, 3.8) is 0 Å². The van der Waals surface area contributed by atoms with E-state index in [1.165, 1.54) is 27.6 Å². The van der Waals surface area contributed by atoms with Crippen LogP contribution in [0, 0.1) is 25.7 Å². The highest BCUT2D eigenvalue weighted by molar-refractivity contribution is 5.86. The van der Waals surface area contributed by atoms with Gasteiger partial charge >= 0.3 is 0 Å². The molecule has 1 nitrogen and oxygen atoms in total. The lowest BCUT2D eigenvalue weighted by molar-refractivity contribution is 1.04. The van der Waals surface area contributed by atoms with Crippen LogP contribution in [0.1, 0.15) is 30.0 Å². The van der Waals surface area contributed by atoms with Crippen LogP contribution >= 0.6 is 0 Å². The number of H-pyrrole nitrogens is 1. The molecule has 0 saturated carbocycles. The third kappa shape index (κ3) is 1.97. The second-order valence-corrected chi connectivity index (χ2v) is 4.25. The normalized spacial score (nSPS) is 10.2. The highest BCUT2D eigenvalue weighted by Crippen LogP contribution is 2.24. The largest absolute Gasteiger partial charge is 0.361 e. The first-order valence-corrected chi connectivity index (χ1v) is 5.69. The molecule has 1 aromatic carbocycles. The Hall–Kier alpha value is -1.68. The summed E-state index contributed by atoms with van der Waals surface area (Å²) in [7, 11) is 0. The van der Waals surface area contributed by atoms with Gasteiger partial charge in [0.05, 0.1) is 0 Å².